The molecule has 2 aromatic rings. The lowest BCUT2D eigenvalue weighted by atomic mass is 10.1. The Kier molecular flexibility index (Phi) is 5.42. The number of halogens is 2. The number of carbonyl (C=O) groups excluding carboxylic acids is 1. The summed E-state index contributed by atoms with van der Waals surface area (Å²) in [5.74, 6) is -0.691. The molecule has 0 N–H and O–H groups in total. The maximum Gasteiger partial charge on any atom is 0.345 e. The maximum absolute atomic E-state index is 12.3. The van der Waals surface area contributed by atoms with Crippen LogP contribution in [0.5, 0.6) is 0 Å². The molecule has 0 bridgehead atoms. The molecule has 0 saturated heterocycles. The Morgan fingerprint density at radius 3 is 2.55 bits per heavy atom. The predicted molar refractivity (Wildman–Crippen MR) is 89.6 cm³/mol. The predicted octanol–water partition coefficient (Wildman–Crippen LogP) is 3.57. The molecule has 0 aliphatic carbocycles. The molecule has 2 rings (SSSR count). The van der Waals surface area contributed by atoms with Gasteiger partial charge in [0, 0.05) is 23.6 Å². The second-order valence-corrected chi connectivity index (χ2v) is 6.07. The zero-order chi connectivity index (χ0) is 16.3. The van der Waals surface area contributed by atoms with Gasteiger partial charge in [0.25, 0.3) is 5.56 Å². The van der Waals surface area contributed by atoms with E-state index in [-0.39, 0.29) is 17.2 Å². The first-order chi connectivity index (χ1) is 10.4. The van der Waals surface area contributed by atoms with Crippen LogP contribution in [0.2, 0.25) is 5.02 Å². The third kappa shape index (κ3) is 3.59. The SMILES string of the molecule is CCOC(=O)c1c(Cl)cc(Cc2ccc(Br)cc2)n(C)c1=O. The summed E-state index contributed by atoms with van der Waals surface area (Å²) in [6, 6.07) is 9.42. The molecule has 22 heavy (non-hydrogen) atoms. The maximum atomic E-state index is 12.3. The number of pyridine rings is 1. The minimum absolute atomic E-state index is 0.119. The number of nitrogens with zero attached hydrogens (tertiary/aromatic N) is 1. The number of ether oxygens (including phenoxy) is 1. The molecule has 0 spiro atoms. The quantitative estimate of drug-likeness (QED) is 0.757. The standard InChI is InChI=1S/C16H15BrClNO3/c1-3-22-16(21)14-13(18)9-12(19(2)15(14)20)8-10-4-6-11(17)7-5-10/h4-7,9H,3,8H2,1-2H3. The molecular weight excluding hydrogens is 370 g/mol. The zero-order valence-corrected chi connectivity index (χ0v) is 14.6. The van der Waals surface area contributed by atoms with E-state index in [0.29, 0.717) is 6.42 Å². The van der Waals surface area contributed by atoms with Gasteiger partial charge in [-0.1, -0.05) is 39.7 Å². The number of esters is 1. The second-order valence-electron chi connectivity index (χ2n) is 4.75. The van der Waals surface area contributed by atoms with E-state index in [1.807, 2.05) is 24.3 Å². The van der Waals surface area contributed by atoms with E-state index >= 15 is 0 Å². The van der Waals surface area contributed by atoms with Gasteiger partial charge in [-0.3, -0.25) is 4.79 Å². The van der Waals surface area contributed by atoms with Gasteiger partial charge in [0.2, 0.25) is 0 Å². The van der Waals surface area contributed by atoms with Gasteiger partial charge in [-0.05, 0) is 30.7 Å². The van der Waals surface area contributed by atoms with Gasteiger partial charge in [-0.2, -0.15) is 0 Å². The molecule has 0 amide bonds. The molecule has 116 valence electrons. The molecule has 1 aromatic heterocycles. The molecule has 0 atom stereocenters. The minimum atomic E-state index is -0.691. The van der Waals surface area contributed by atoms with Crippen molar-refractivity contribution in [3.05, 3.63) is 67.0 Å². The number of carbonyl (C=O) groups is 1. The average Bonchev–Trinajstić information content (AvgIpc) is 2.47. The Bertz CT molecular complexity index is 753. The van der Waals surface area contributed by atoms with Crippen LogP contribution in [-0.4, -0.2) is 17.1 Å². The molecule has 0 radical (unpaired) electrons. The topological polar surface area (TPSA) is 48.3 Å². The summed E-state index contributed by atoms with van der Waals surface area (Å²) < 4.78 is 7.29. The first-order valence-electron chi connectivity index (χ1n) is 6.74. The van der Waals surface area contributed by atoms with Crippen LogP contribution in [-0.2, 0) is 18.2 Å². The van der Waals surface area contributed by atoms with Gasteiger partial charge < -0.3 is 9.30 Å². The van der Waals surface area contributed by atoms with Crippen molar-refractivity contribution in [2.45, 2.75) is 13.3 Å². The van der Waals surface area contributed by atoms with Crippen LogP contribution in [0.1, 0.15) is 28.5 Å². The molecule has 0 saturated carbocycles. The lowest BCUT2D eigenvalue weighted by Gasteiger charge is -2.12. The highest BCUT2D eigenvalue weighted by Gasteiger charge is 2.19. The average molecular weight is 385 g/mol. The summed E-state index contributed by atoms with van der Waals surface area (Å²) >= 11 is 9.49. The number of hydrogen-bond acceptors (Lipinski definition) is 3. The van der Waals surface area contributed by atoms with Crippen molar-refractivity contribution in [2.24, 2.45) is 7.05 Å². The molecule has 6 heteroatoms. The van der Waals surface area contributed by atoms with Crippen molar-refractivity contribution in [2.75, 3.05) is 6.61 Å². The summed E-state index contributed by atoms with van der Waals surface area (Å²) in [5.41, 5.74) is 1.20. The van der Waals surface area contributed by atoms with E-state index in [2.05, 4.69) is 15.9 Å². The molecule has 0 unspecified atom stereocenters. The van der Waals surface area contributed by atoms with Gasteiger partial charge in [0.15, 0.2) is 0 Å². The van der Waals surface area contributed by atoms with Crippen LogP contribution >= 0.6 is 27.5 Å². The first kappa shape index (κ1) is 16.8. The van der Waals surface area contributed by atoms with E-state index in [4.69, 9.17) is 16.3 Å². The van der Waals surface area contributed by atoms with Crippen LogP contribution < -0.4 is 5.56 Å². The van der Waals surface area contributed by atoms with Crippen LogP contribution in [0, 0.1) is 0 Å². The Hall–Kier alpha value is -1.59. The highest BCUT2D eigenvalue weighted by molar-refractivity contribution is 9.10. The van der Waals surface area contributed by atoms with Crippen LogP contribution in [0.15, 0.2) is 39.6 Å². The number of rotatable bonds is 4. The van der Waals surface area contributed by atoms with Crippen molar-refractivity contribution in [1.29, 1.82) is 0 Å². The summed E-state index contributed by atoms with van der Waals surface area (Å²) in [6.07, 6.45) is 0.543. The Labute approximate surface area is 141 Å². The number of hydrogen-bond donors (Lipinski definition) is 0. The van der Waals surface area contributed by atoms with Crippen molar-refractivity contribution in [3.63, 3.8) is 0 Å². The van der Waals surface area contributed by atoms with Gasteiger partial charge in [-0.25, -0.2) is 4.79 Å². The summed E-state index contributed by atoms with van der Waals surface area (Å²) in [7, 11) is 1.62. The van der Waals surface area contributed by atoms with Gasteiger partial charge in [-0.15, -0.1) is 0 Å². The minimum Gasteiger partial charge on any atom is -0.462 e. The largest absolute Gasteiger partial charge is 0.462 e. The highest BCUT2D eigenvalue weighted by atomic mass is 79.9. The van der Waals surface area contributed by atoms with Gasteiger partial charge in [0.05, 0.1) is 11.6 Å². The van der Waals surface area contributed by atoms with Crippen molar-refractivity contribution in [1.82, 2.24) is 4.57 Å². The molecule has 1 aromatic carbocycles. The third-order valence-electron chi connectivity index (χ3n) is 3.26. The van der Waals surface area contributed by atoms with Crippen molar-refractivity contribution in [3.8, 4) is 0 Å². The fraction of sp³-hybridized carbons (Fsp3) is 0.250. The first-order valence-corrected chi connectivity index (χ1v) is 7.91. The molecular formula is C16H15BrClNO3. The Morgan fingerprint density at radius 1 is 1.32 bits per heavy atom. The van der Waals surface area contributed by atoms with Crippen molar-refractivity contribution >= 4 is 33.5 Å². The third-order valence-corrected chi connectivity index (χ3v) is 4.09. The van der Waals surface area contributed by atoms with E-state index in [1.54, 1.807) is 20.0 Å². The van der Waals surface area contributed by atoms with Crippen LogP contribution in [0.25, 0.3) is 0 Å². The Morgan fingerprint density at radius 2 is 1.95 bits per heavy atom. The molecule has 1 heterocycles. The monoisotopic (exact) mass is 383 g/mol. The fourth-order valence-electron chi connectivity index (χ4n) is 2.08. The second kappa shape index (κ2) is 7.11. The van der Waals surface area contributed by atoms with E-state index < -0.39 is 11.5 Å². The van der Waals surface area contributed by atoms with Crippen LogP contribution in [0.3, 0.4) is 0 Å². The van der Waals surface area contributed by atoms with Gasteiger partial charge in [0.1, 0.15) is 5.56 Å². The lowest BCUT2D eigenvalue weighted by molar-refractivity contribution is 0.0524. The summed E-state index contributed by atoms with van der Waals surface area (Å²) in [6.45, 7) is 1.87. The molecule has 0 aliphatic rings. The smallest absolute Gasteiger partial charge is 0.345 e. The number of aromatic nitrogens is 1. The van der Waals surface area contributed by atoms with E-state index in [0.717, 1.165) is 15.7 Å². The zero-order valence-electron chi connectivity index (χ0n) is 12.2. The number of benzene rings is 1. The fourth-order valence-corrected chi connectivity index (χ4v) is 2.63. The molecule has 0 aliphatic heterocycles. The lowest BCUT2D eigenvalue weighted by Crippen LogP contribution is -2.28. The van der Waals surface area contributed by atoms with Crippen molar-refractivity contribution < 1.29 is 9.53 Å². The summed E-state index contributed by atoms with van der Waals surface area (Å²) in [4.78, 5) is 24.2. The van der Waals surface area contributed by atoms with E-state index in [1.165, 1.54) is 4.57 Å². The molecule has 4 nitrogen and oxygen atoms in total. The summed E-state index contributed by atoms with van der Waals surface area (Å²) in [5, 5.41) is 0.119. The normalized spacial score (nSPS) is 10.5. The van der Waals surface area contributed by atoms with E-state index in [9.17, 15) is 9.59 Å². The highest BCUT2D eigenvalue weighted by Crippen LogP contribution is 2.18. The molecule has 0 fully saturated rings. The Balaban J connectivity index is 2.41. The van der Waals surface area contributed by atoms with Gasteiger partial charge >= 0.3 is 5.97 Å². The van der Waals surface area contributed by atoms with Crippen LogP contribution in [0.4, 0.5) is 0 Å².